The number of rotatable bonds is 7. The van der Waals surface area contributed by atoms with Crippen molar-refractivity contribution in [1.82, 2.24) is 25.0 Å². The zero-order valence-electron chi connectivity index (χ0n) is 14.3. The van der Waals surface area contributed by atoms with Gasteiger partial charge in [0.1, 0.15) is 5.15 Å². The highest BCUT2D eigenvalue weighted by Crippen LogP contribution is 2.25. The molecule has 2 heterocycles. The summed E-state index contributed by atoms with van der Waals surface area (Å²) < 4.78 is 3.80. The summed E-state index contributed by atoms with van der Waals surface area (Å²) in [4.78, 5) is 4.58. The van der Waals surface area contributed by atoms with Gasteiger partial charge in [-0.3, -0.25) is 4.68 Å². The molecule has 0 aliphatic carbocycles. The average Bonchev–Trinajstić information content (AvgIpc) is 3.08. The smallest absolute Gasteiger partial charge is 0.191 e. The first kappa shape index (κ1) is 18.7. The molecule has 0 saturated heterocycles. The second kappa shape index (κ2) is 8.99. The summed E-state index contributed by atoms with van der Waals surface area (Å²) >= 11 is 12.1. The third-order valence-electron chi connectivity index (χ3n) is 3.58. The van der Waals surface area contributed by atoms with Gasteiger partial charge in [-0.2, -0.15) is 5.10 Å². The van der Waals surface area contributed by atoms with E-state index in [4.69, 9.17) is 23.2 Å². The van der Waals surface area contributed by atoms with Gasteiger partial charge < -0.3 is 15.2 Å². The topological polar surface area (TPSA) is 59.2 Å². The van der Waals surface area contributed by atoms with Crippen LogP contribution in [-0.2, 0) is 20.1 Å². The molecule has 6 nitrogen and oxygen atoms in total. The first-order chi connectivity index (χ1) is 11.5. The van der Waals surface area contributed by atoms with E-state index in [9.17, 15) is 0 Å². The first-order valence-electron chi connectivity index (χ1n) is 8.02. The number of aryl methyl sites for hydroxylation is 2. The van der Waals surface area contributed by atoms with Crippen molar-refractivity contribution in [3.8, 4) is 0 Å². The summed E-state index contributed by atoms with van der Waals surface area (Å²) in [5, 5.41) is 11.9. The highest BCUT2D eigenvalue weighted by Gasteiger charge is 2.08. The van der Waals surface area contributed by atoms with Gasteiger partial charge in [-0.15, -0.1) is 0 Å². The van der Waals surface area contributed by atoms with E-state index in [1.807, 2.05) is 48.6 Å². The lowest BCUT2D eigenvalue weighted by Crippen LogP contribution is -2.38. The van der Waals surface area contributed by atoms with E-state index in [1.54, 1.807) is 0 Å². The van der Waals surface area contributed by atoms with Crippen LogP contribution in [0.3, 0.4) is 0 Å². The molecular formula is C16H24Cl2N6. The molecule has 2 rings (SSSR count). The monoisotopic (exact) mass is 370 g/mol. The Bertz CT molecular complexity index is 689. The molecule has 2 N–H and O–H groups in total. The fraction of sp³-hybridized carbons (Fsp3) is 0.500. The first-order valence-corrected chi connectivity index (χ1v) is 8.77. The van der Waals surface area contributed by atoms with Crippen LogP contribution in [0.1, 0.15) is 24.6 Å². The van der Waals surface area contributed by atoms with E-state index in [0.717, 1.165) is 37.7 Å². The molecule has 0 bridgehead atoms. The zero-order chi connectivity index (χ0) is 17.5. The predicted molar refractivity (Wildman–Crippen MR) is 99.8 cm³/mol. The Balaban J connectivity index is 1.84. The molecule has 0 aromatic carbocycles. The normalized spacial score (nSPS) is 11.8. The van der Waals surface area contributed by atoms with Gasteiger partial charge in [-0.05, 0) is 31.9 Å². The van der Waals surface area contributed by atoms with Crippen LogP contribution in [-0.4, -0.2) is 33.4 Å². The Kier molecular flexibility index (Phi) is 6.99. The van der Waals surface area contributed by atoms with E-state index in [2.05, 4.69) is 20.7 Å². The summed E-state index contributed by atoms with van der Waals surface area (Å²) in [5.41, 5.74) is 2.15. The molecule has 2 aromatic heterocycles. The van der Waals surface area contributed by atoms with Crippen molar-refractivity contribution in [2.75, 3.05) is 13.1 Å². The summed E-state index contributed by atoms with van der Waals surface area (Å²) in [6.07, 6.45) is 4.88. The van der Waals surface area contributed by atoms with Gasteiger partial charge in [0.2, 0.25) is 0 Å². The standard InChI is InChI=1S/C16H24Cl2N6/c1-4-19-16(20-6-5-7-24-11-12(2)9-22-24)21-10-13-8-14(17)15(18)23(13)3/h8-9,11H,4-7,10H2,1-3H3,(H2,19,20,21). The molecule has 0 radical (unpaired) electrons. The number of hydrogen-bond acceptors (Lipinski definition) is 2. The van der Waals surface area contributed by atoms with Crippen LogP contribution >= 0.6 is 23.2 Å². The number of guanidine groups is 1. The number of hydrogen-bond donors (Lipinski definition) is 2. The van der Waals surface area contributed by atoms with Crippen LogP contribution in [0.5, 0.6) is 0 Å². The highest BCUT2D eigenvalue weighted by atomic mass is 35.5. The lowest BCUT2D eigenvalue weighted by atomic mass is 10.4. The summed E-state index contributed by atoms with van der Waals surface area (Å²) in [6, 6.07) is 1.84. The Morgan fingerprint density at radius 1 is 1.33 bits per heavy atom. The molecule has 0 fully saturated rings. The molecule has 8 heteroatoms. The third-order valence-corrected chi connectivity index (χ3v) is 4.42. The van der Waals surface area contributed by atoms with Crippen LogP contribution in [0.15, 0.2) is 23.5 Å². The molecule has 2 aromatic rings. The van der Waals surface area contributed by atoms with Crippen LogP contribution in [0, 0.1) is 6.92 Å². The van der Waals surface area contributed by atoms with E-state index < -0.39 is 0 Å². The molecule has 0 amide bonds. The van der Waals surface area contributed by atoms with Gasteiger partial charge in [0.05, 0.1) is 17.8 Å². The minimum absolute atomic E-state index is 0.511. The summed E-state index contributed by atoms with van der Waals surface area (Å²) in [5.74, 6) is 0.780. The van der Waals surface area contributed by atoms with Crippen LogP contribution < -0.4 is 10.6 Å². The quantitative estimate of drug-likeness (QED) is 0.447. The van der Waals surface area contributed by atoms with Gasteiger partial charge in [-0.25, -0.2) is 4.99 Å². The number of nitrogens with zero attached hydrogens (tertiary/aromatic N) is 4. The highest BCUT2D eigenvalue weighted by molar-refractivity contribution is 6.41. The Hall–Kier alpha value is -1.66. The number of halogens is 2. The molecule has 0 saturated carbocycles. The van der Waals surface area contributed by atoms with Crippen LogP contribution in [0.4, 0.5) is 0 Å². The minimum Gasteiger partial charge on any atom is -0.357 e. The van der Waals surface area contributed by atoms with Gasteiger partial charge in [0, 0.05) is 38.6 Å². The van der Waals surface area contributed by atoms with Crippen molar-refractivity contribution in [1.29, 1.82) is 0 Å². The SMILES string of the molecule is CCNC(=NCc1cc(Cl)c(Cl)n1C)NCCCn1cc(C)cn1. The second-order valence-corrected chi connectivity index (χ2v) is 6.35. The average molecular weight is 371 g/mol. The molecular weight excluding hydrogens is 347 g/mol. The Labute approximate surface area is 152 Å². The lowest BCUT2D eigenvalue weighted by Gasteiger charge is -2.11. The van der Waals surface area contributed by atoms with Gasteiger partial charge in [0.15, 0.2) is 5.96 Å². The molecule has 24 heavy (non-hydrogen) atoms. The number of aromatic nitrogens is 3. The molecule has 0 unspecified atom stereocenters. The maximum Gasteiger partial charge on any atom is 0.191 e. The van der Waals surface area contributed by atoms with Crippen molar-refractivity contribution in [3.05, 3.63) is 39.9 Å². The largest absolute Gasteiger partial charge is 0.357 e. The van der Waals surface area contributed by atoms with E-state index in [1.165, 1.54) is 5.56 Å². The van der Waals surface area contributed by atoms with Crippen LogP contribution in [0.2, 0.25) is 10.2 Å². The predicted octanol–water partition coefficient (Wildman–Crippen LogP) is 2.98. The number of nitrogens with one attached hydrogen (secondary N) is 2. The fourth-order valence-electron chi connectivity index (χ4n) is 2.28. The Morgan fingerprint density at radius 3 is 2.71 bits per heavy atom. The maximum atomic E-state index is 6.08. The maximum absolute atomic E-state index is 6.08. The fourth-order valence-corrected chi connectivity index (χ4v) is 2.70. The molecule has 0 aliphatic rings. The molecule has 0 atom stereocenters. The summed E-state index contributed by atoms with van der Waals surface area (Å²) in [7, 11) is 1.88. The van der Waals surface area contributed by atoms with Crippen molar-refractivity contribution in [3.63, 3.8) is 0 Å². The van der Waals surface area contributed by atoms with E-state index in [0.29, 0.717) is 16.7 Å². The second-order valence-electron chi connectivity index (χ2n) is 5.59. The summed E-state index contributed by atoms with van der Waals surface area (Å²) in [6.45, 7) is 7.10. The van der Waals surface area contributed by atoms with Gasteiger partial charge >= 0.3 is 0 Å². The van der Waals surface area contributed by atoms with Gasteiger partial charge in [-0.1, -0.05) is 23.2 Å². The van der Waals surface area contributed by atoms with Crippen molar-refractivity contribution < 1.29 is 0 Å². The van der Waals surface area contributed by atoms with Gasteiger partial charge in [0.25, 0.3) is 0 Å². The minimum atomic E-state index is 0.511. The van der Waals surface area contributed by atoms with E-state index >= 15 is 0 Å². The lowest BCUT2D eigenvalue weighted by molar-refractivity contribution is 0.570. The van der Waals surface area contributed by atoms with Crippen LogP contribution in [0.25, 0.3) is 0 Å². The third kappa shape index (κ3) is 5.18. The van der Waals surface area contributed by atoms with Crippen molar-refractivity contribution in [2.45, 2.75) is 33.4 Å². The Morgan fingerprint density at radius 2 is 2.12 bits per heavy atom. The van der Waals surface area contributed by atoms with Crippen molar-refractivity contribution in [2.24, 2.45) is 12.0 Å². The van der Waals surface area contributed by atoms with E-state index in [-0.39, 0.29) is 0 Å². The molecule has 132 valence electrons. The zero-order valence-corrected chi connectivity index (χ0v) is 15.8. The molecule has 0 aliphatic heterocycles. The van der Waals surface area contributed by atoms with Crippen molar-refractivity contribution >= 4 is 29.2 Å². The number of aliphatic imine (C=N–C) groups is 1. The molecule has 0 spiro atoms.